The maximum atomic E-state index is 13.4. The van der Waals surface area contributed by atoms with Crippen molar-refractivity contribution in [3.05, 3.63) is 42.2 Å². The molecule has 0 aliphatic heterocycles. The zero-order valence-electron chi connectivity index (χ0n) is 10.2. The van der Waals surface area contributed by atoms with Gasteiger partial charge in [0.15, 0.2) is 5.69 Å². The lowest BCUT2D eigenvalue weighted by molar-refractivity contribution is -0.142. The zero-order chi connectivity index (χ0) is 15.0. The van der Waals surface area contributed by atoms with Gasteiger partial charge in [-0.05, 0) is 12.1 Å². The van der Waals surface area contributed by atoms with Crippen molar-refractivity contribution in [2.24, 2.45) is 0 Å². The van der Waals surface area contributed by atoms with Crippen LogP contribution in [-0.2, 0) is 6.18 Å². The van der Waals surface area contributed by atoms with Gasteiger partial charge in [-0.15, -0.1) is 10.2 Å². The molecule has 0 aliphatic carbocycles. The molecule has 108 valence electrons. The van der Waals surface area contributed by atoms with Crippen molar-refractivity contribution in [2.75, 3.05) is 0 Å². The highest BCUT2D eigenvalue weighted by Gasteiger charge is 2.40. The summed E-state index contributed by atoms with van der Waals surface area (Å²) in [4.78, 5) is 0. The summed E-state index contributed by atoms with van der Waals surface area (Å²) >= 11 is 3.79. The Balaban J connectivity index is 2.22. The SMILES string of the molecule is FC(F)(F)c1c(-c2nnc(S)o2)cnn1-c1ccccc1. The molecule has 3 aromatic rings. The Kier molecular flexibility index (Phi) is 3.20. The number of benzene rings is 1. The Bertz CT molecular complexity index is 766. The lowest BCUT2D eigenvalue weighted by Crippen LogP contribution is -2.14. The molecular weight excluding hydrogens is 305 g/mol. The molecule has 0 aliphatic rings. The first kappa shape index (κ1) is 13.7. The first-order chi connectivity index (χ1) is 9.97. The Morgan fingerprint density at radius 3 is 2.38 bits per heavy atom. The summed E-state index contributed by atoms with van der Waals surface area (Å²) in [6, 6.07) is 7.98. The van der Waals surface area contributed by atoms with E-state index in [0.29, 0.717) is 0 Å². The van der Waals surface area contributed by atoms with E-state index in [0.717, 1.165) is 10.9 Å². The van der Waals surface area contributed by atoms with Gasteiger partial charge in [-0.3, -0.25) is 0 Å². The first-order valence-corrected chi connectivity index (χ1v) is 6.15. The average molecular weight is 312 g/mol. The van der Waals surface area contributed by atoms with Crippen LogP contribution in [0.1, 0.15) is 5.69 Å². The maximum Gasteiger partial charge on any atom is 0.434 e. The van der Waals surface area contributed by atoms with Gasteiger partial charge in [0, 0.05) is 0 Å². The molecule has 0 unspecified atom stereocenters. The second kappa shape index (κ2) is 4.92. The van der Waals surface area contributed by atoms with Gasteiger partial charge in [-0.1, -0.05) is 30.8 Å². The molecular formula is C12H7F3N4OS. The number of halogens is 3. The predicted octanol–water partition coefficient (Wildman–Crippen LogP) is 3.23. The summed E-state index contributed by atoms with van der Waals surface area (Å²) in [5.41, 5.74) is -0.994. The van der Waals surface area contributed by atoms with Crippen LogP contribution in [0.15, 0.2) is 46.2 Å². The van der Waals surface area contributed by atoms with Crippen LogP contribution in [0.5, 0.6) is 0 Å². The fourth-order valence-corrected chi connectivity index (χ4v) is 2.00. The van der Waals surface area contributed by atoms with E-state index in [1.54, 1.807) is 18.2 Å². The Morgan fingerprint density at radius 2 is 1.81 bits per heavy atom. The van der Waals surface area contributed by atoms with Crippen molar-refractivity contribution in [3.63, 3.8) is 0 Å². The van der Waals surface area contributed by atoms with E-state index >= 15 is 0 Å². The van der Waals surface area contributed by atoms with Crippen molar-refractivity contribution in [1.29, 1.82) is 0 Å². The minimum absolute atomic E-state index is 0.120. The van der Waals surface area contributed by atoms with Crippen LogP contribution in [0.25, 0.3) is 17.1 Å². The van der Waals surface area contributed by atoms with Gasteiger partial charge in [0.25, 0.3) is 11.1 Å². The smallest absolute Gasteiger partial charge is 0.411 e. The molecule has 21 heavy (non-hydrogen) atoms. The Morgan fingerprint density at radius 1 is 1.10 bits per heavy atom. The van der Waals surface area contributed by atoms with E-state index in [2.05, 4.69) is 27.9 Å². The van der Waals surface area contributed by atoms with Gasteiger partial charge in [0.05, 0.1) is 17.4 Å². The average Bonchev–Trinajstić information content (AvgIpc) is 3.04. The van der Waals surface area contributed by atoms with Crippen molar-refractivity contribution < 1.29 is 17.6 Å². The number of thiol groups is 1. The van der Waals surface area contributed by atoms with E-state index in [1.807, 2.05) is 0 Å². The number of hydrogen-bond acceptors (Lipinski definition) is 5. The van der Waals surface area contributed by atoms with Crippen molar-refractivity contribution in [3.8, 4) is 17.1 Å². The number of aromatic nitrogens is 4. The van der Waals surface area contributed by atoms with Crippen LogP contribution in [0.2, 0.25) is 0 Å². The van der Waals surface area contributed by atoms with Crippen molar-refractivity contribution in [2.45, 2.75) is 11.4 Å². The number of nitrogens with zero attached hydrogens (tertiary/aromatic N) is 4. The summed E-state index contributed by atoms with van der Waals surface area (Å²) in [5, 5.41) is 10.6. The maximum absolute atomic E-state index is 13.4. The Labute approximate surface area is 121 Å². The zero-order valence-corrected chi connectivity index (χ0v) is 11.1. The van der Waals surface area contributed by atoms with Crippen LogP contribution in [0.3, 0.4) is 0 Å². The van der Waals surface area contributed by atoms with E-state index in [1.165, 1.54) is 12.1 Å². The predicted molar refractivity (Wildman–Crippen MR) is 69.1 cm³/mol. The molecule has 9 heteroatoms. The monoisotopic (exact) mass is 312 g/mol. The fourth-order valence-electron chi connectivity index (χ4n) is 1.87. The molecule has 0 saturated heterocycles. The molecule has 3 rings (SSSR count). The molecule has 2 heterocycles. The first-order valence-electron chi connectivity index (χ1n) is 5.70. The number of alkyl halides is 3. The van der Waals surface area contributed by atoms with E-state index in [-0.39, 0.29) is 22.4 Å². The third kappa shape index (κ3) is 2.51. The molecule has 0 atom stereocenters. The molecule has 0 radical (unpaired) electrons. The lowest BCUT2D eigenvalue weighted by atomic mass is 10.2. The van der Waals surface area contributed by atoms with Gasteiger partial charge in [0.2, 0.25) is 0 Å². The Hall–Kier alpha value is -2.29. The minimum atomic E-state index is -4.63. The molecule has 0 saturated carbocycles. The van der Waals surface area contributed by atoms with Crippen LogP contribution in [0.4, 0.5) is 13.2 Å². The fraction of sp³-hybridized carbons (Fsp3) is 0.0833. The summed E-state index contributed by atoms with van der Waals surface area (Å²) in [5.74, 6) is -0.283. The molecule has 0 bridgehead atoms. The van der Waals surface area contributed by atoms with Gasteiger partial charge in [-0.2, -0.15) is 18.3 Å². The normalized spacial score (nSPS) is 11.8. The van der Waals surface area contributed by atoms with Crippen molar-refractivity contribution >= 4 is 12.6 Å². The van der Waals surface area contributed by atoms with Crippen LogP contribution in [0, 0.1) is 0 Å². The minimum Gasteiger partial charge on any atom is -0.411 e. The number of rotatable bonds is 2. The molecule has 0 fully saturated rings. The van der Waals surface area contributed by atoms with E-state index in [4.69, 9.17) is 4.42 Å². The highest BCUT2D eigenvalue weighted by atomic mass is 32.1. The highest BCUT2D eigenvalue weighted by Crippen LogP contribution is 2.37. The molecule has 0 spiro atoms. The summed E-state index contributed by atoms with van der Waals surface area (Å²) in [7, 11) is 0. The van der Waals surface area contributed by atoms with Crippen LogP contribution >= 0.6 is 12.6 Å². The van der Waals surface area contributed by atoms with Crippen molar-refractivity contribution in [1.82, 2.24) is 20.0 Å². The quantitative estimate of drug-likeness (QED) is 0.738. The third-order valence-electron chi connectivity index (χ3n) is 2.68. The third-order valence-corrected chi connectivity index (χ3v) is 2.86. The number of para-hydroxylation sites is 1. The summed E-state index contributed by atoms with van der Waals surface area (Å²) < 4.78 is 45.8. The topological polar surface area (TPSA) is 56.7 Å². The largest absolute Gasteiger partial charge is 0.434 e. The number of hydrogen-bond donors (Lipinski definition) is 1. The van der Waals surface area contributed by atoms with E-state index < -0.39 is 11.9 Å². The van der Waals surface area contributed by atoms with Gasteiger partial charge >= 0.3 is 6.18 Å². The second-order valence-electron chi connectivity index (χ2n) is 4.04. The molecule has 5 nitrogen and oxygen atoms in total. The van der Waals surface area contributed by atoms with Gasteiger partial charge in [-0.25, -0.2) is 4.68 Å². The van der Waals surface area contributed by atoms with Crippen LogP contribution in [-0.4, -0.2) is 20.0 Å². The summed E-state index contributed by atoms with van der Waals surface area (Å²) in [6.45, 7) is 0. The van der Waals surface area contributed by atoms with Gasteiger partial charge < -0.3 is 4.42 Å². The van der Waals surface area contributed by atoms with Gasteiger partial charge in [0.1, 0.15) is 0 Å². The van der Waals surface area contributed by atoms with Crippen LogP contribution < -0.4 is 0 Å². The summed E-state index contributed by atoms with van der Waals surface area (Å²) in [6.07, 6.45) is -3.59. The standard InChI is InChI=1S/C12H7F3N4OS/c13-12(14,15)9-8(10-17-18-11(21)20-10)6-16-19(9)7-4-2-1-3-5-7/h1-6H,(H,18,21). The molecule has 1 aromatic carbocycles. The second-order valence-corrected chi connectivity index (χ2v) is 4.42. The highest BCUT2D eigenvalue weighted by molar-refractivity contribution is 7.80. The lowest BCUT2D eigenvalue weighted by Gasteiger charge is -2.11. The molecule has 0 amide bonds. The molecule has 2 aromatic heterocycles. The molecule has 0 N–H and O–H groups in total. The van der Waals surface area contributed by atoms with E-state index in [9.17, 15) is 13.2 Å².